The van der Waals surface area contributed by atoms with Crippen molar-refractivity contribution >= 4 is 16.7 Å². The maximum Gasteiger partial charge on any atom is 0.223 e. The van der Waals surface area contributed by atoms with Gasteiger partial charge >= 0.3 is 0 Å². The number of fused-ring (bicyclic) bond motifs is 1. The van der Waals surface area contributed by atoms with E-state index in [0.29, 0.717) is 18.9 Å². The van der Waals surface area contributed by atoms with Crippen molar-refractivity contribution in [2.75, 3.05) is 14.2 Å². The Bertz CT molecular complexity index is 1040. The van der Waals surface area contributed by atoms with Crippen molar-refractivity contribution in [1.29, 1.82) is 0 Å². The lowest BCUT2D eigenvalue weighted by Gasteiger charge is -2.31. The molecule has 1 atom stereocenters. The van der Waals surface area contributed by atoms with Crippen LogP contribution in [0.4, 0.5) is 0 Å². The van der Waals surface area contributed by atoms with Gasteiger partial charge in [-0.15, -0.1) is 0 Å². The molecule has 3 aromatic carbocycles. The van der Waals surface area contributed by atoms with E-state index >= 15 is 0 Å². The van der Waals surface area contributed by atoms with Crippen molar-refractivity contribution in [3.63, 3.8) is 0 Å². The Balaban J connectivity index is 1.55. The predicted octanol–water partition coefficient (Wildman–Crippen LogP) is 5.54. The van der Waals surface area contributed by atoms with Crippen LogP contribution in [0.1, 0.15) is 43.4 Å². The molecule has 0 radical (unpaired) electrons. The van der Waals surface area contributed by atoms with Crippen molar-refractivity contribution < 1.29 is 14.3 Å². The number of nitrogens with zero attached hydrogens (tertiary/aromatic N) is 1. The first-order valence-corrected chi connectivity index (χ1v) is 10.6. The Morgan fingerprint density at radius 3 is 2.53 bits per heavy atom. The number of amides is 1. The SMILES string of the molecule is COc1ccc(OC)c(CCC(=O)N(C2CC2)[C@H](C)c2cccc3ccccc23)c1. The summed E-state index contributed by atoms with van der Waals surface area (Å²) in [5.74, 6) is 1.77. The van der Waals surface area contributed by atoms with Crippen LogP contribution >= 0.6 is 0 Å². The van der Waals surface area contributed by atoms with E-state index in [1.807, 2.05) is 18.2 Å². The minimum absolute atomic E-state index is 0.0447. The molecule has 4 nitrogen and oxygen atoms in total. The third-order valence-corrected chi connectivity index (χ3v) is 6.01. The first kappa shape index (κ1) is 20.3. The van der Waals surface area contributed by atoms with E-state index in [-0.39, 0.29) is 11.9 Å². The Labute approximate surface area is 178 Å². The predicted molar refractivity (Wildman–Crippen MR) is 120 cm³/mol. The van der Waals surface area contributed by atoms with Crippen molar-refractivity contribution in [1.82, 2.24) is 4.90 Å². The van der Waals surface area contributed by atoms with Crippen LogP contribution in [0.3, 0.4) is 0 Å². The molecule has 0 aliphatic heterocycles. The molecule has 4 heteroatoms. The first-order valence-electron chi connectivity index (χ1n) is 10.6. The molecule has 1 amide bonds. The number of methoxy groups -OCH3 is 2. The highest BCUT2D eigenvalue weighted by Crippen LogP contribution is 2.37. The number of ether oxygens (including phenoxy) is 2. The standard InChI is InChI=1S/C26H29NO3/c1-18(23-10-6-8-19-7-4-5-9-24(19)23)27(21-12-13-21)26(28)16-11-20-17-22(29-2)14-15-25(20)30-3/h4-10,14-15,17-18,21H,11-13,16H2,1-3H3/t18-/m1/s1. The molecule has 3 aromatic rings. The van der Waals surface area contributed by atoms with E-state index in [4.69, 9.17) is 9.47 Å². The fourth-order valence-electron chi connectivity index (χ4n) is 4.30. The molecule has 0 aromatic heterocycles. The fraction of sp³-hybridized carbons (Fsp3) is 0.346. The normalized spacial score (nSPS) is 14.4. The smallest absolute Gasteiger partial charge is 0.223 e. The Kier molecular flexibility index (Phi) is 5.93. The zero-order valence-corrected chi connectivity index (χ0v) is 17.9. The summed E-state index contributed by atoms with van der Waals surface area (Å²) in [6, 6.07) is 20.9. The molecule has 4 rings (SSSR count). The van der Waals surface area contributed by atoms with E-state index in [9.17, 15) is 4.79 Å². The van der Waals surface area contributed by atoms with Crippen molar-refractivity contribution in [3.8, 4) is 11.5 Å². The summed E-state index contributed by atoms with van der Waals surface area (Å²) in [5, 5.41) is 2.44. The summed E-state index contributed by atoms with van der Waals surface area (Å²) >= 11 is 0. The van der Waals surface area contributed by atoms with E-state index < -0.39 is 0 Å². The van der Waals surface area contributed by atoms with Gasteiger partial charge in [0.2, 0.25) is 5.91 Å². The average Bonchev–Trinajstić information content (AvgIpc) is 3.62. The molecule has 0 spiro atoms. The second-order valence-corrected chi connectivity index (χ2v) is 7.95. The van der Waals surface area contributed by atoms with Crippen LogP contribution in [0.25, 0.3) is 10.8 Å². The van der Waals surface area contributed by atoms with Crippen LogP contribution < -0.4 is 9.47 Å². The highest BCUT2D eigenvalue weighted by molar-refractivity contribution is 5.87. The van der Waals surface area contributed by atoms with E-state index in [2.05, 4.69) is 54.3 Å². The summed E-state index contributed by atoms with van der Waals surface area (Å²) in [4.78, 5) is 15.5. The molecule has 1 aliphatic rings. The van der Waals surface area contributed by atoms with Gasteiger partial charge in [-0.25, -0.2) is 0 Å². The zero-order chi connectivity index (χ0) is 21.1. The maximum atomic E-state index is 13.4. The van der Waals surface area contributed by atoms with Gasteiger partial charge in [-0.3, -0.25) is 4.79 Å². The molecule has 156 valence electrons. The van der Waals surface area contributed by atoms with E-state index in [0.717, 1.165) is 29.9 Å². The van der Waals surface area contributed by atoms with Gasteiger partial charge in [0.05, 0.1) is 20.3 Å². The average molecular weight is 404 g/mol. The van der Waals surface area contributed by atoms with Gasteiger partial charge in [0.25, 0.3) is 0 Å². The van der Waals surface area contributed by atoms with Gasteiger partial charge in [-0.05, 0) is 66.3 Å². The number of rotatable bonds is 8. The van der Waals surface area contributed by atoms with Crippen molar-refractivity contribution in [3.05, 3.63) is 71.8 Å². The summed E-state index contributed by atoms with van der Waals surface area (Å²) in [6.45, 7) is 2.16. The third kappa shape index (κ3) is 4.13. The van der Waals surface area contributed by atoms with E-state index in [1.165, 1.54) is 16.3 Å². The molecule has 1 aliphatic carbocycles. The number of aryl methyl sites for hydroxylation is 1. The zero-order valence-electron chi connectivity index (χ0n) is 17.9. The highest BCUT2D eigenvalue weighted by atomic mass is 16.5. The number of hydrogen-bond acceptors (Lipinski definition) is 3. The lowest BCUT2D eigenvalue weighted by atomic mass is 9.98. The molecule has 1 saturated carbocycles. The second-order valence-electron chi connectivity index (χ2n) is 7.95. The molecular weight excluding hydrogens is 374 g/mol. The first-order chi connectivity index (χ1) is 14.6. The van der Waals surface area contributed by atoms with Gasteiger partial charge in [0, 0.05) is 12.5 Å². The molecule has 0 bridgehead atoms. The Morgan fingerprint density at radius 2 is 1.80 bits per heavy atom. The molecular formula is C26H29NO3. The number of hydrogen-bond donors (Lipinski definition) is 0. The molecule has 30 heavy (non-hydrogen) atoms. The minimum atomic E-state index is 0.0447. The molecule has 0 heterocycles. The van der Waals surface area contributed by atoms with Crippen molar-refractivity contribution in [2.24, 2.45) is 0 Å². The largest absolute Gasteiger partial charge is 0.497 e. The van der Waals surface area contributed by atoms with Crippen LogP contribution in [-0.4, -0.2) is 31.1 Å². The van der Waals surface area contributed by atoms with Gasteiger partial charge < -0.3 is 14.4 Å². The van der Waals surface area contributed by atoms with Gasteiger partial charge in [0.1, 0.15) is 11.5 Å². The summed E-state index contributed by atoms with van der Waals surface area (Å²) in [7, 11) is 3.31. The summed E-state index contributed by atoms with van der Waals surface area (Å²) < 4.78 is 10.8. The van der Waals surface area contributed by atoms with E-state index in [1.54, 1.807) is 14.2 Å². The minimum Gasteiger partial charge on any atom is -0.497 e. The lowest BCUT2D eigenvalue weighted by molar-refractivity contribution is -0.134. The number of carbonyl (C=O) groups excluding carboxylic acids is 1. The Hall–Kier alpha value is -3.01. The maximum absolute atomic E-state index is 13.4. The lowest BCUT2D eigenvalue weighted by Crippen LogP contribution is -2.35. The topological polar surface area (TPSA) is 38.8 Å². The fourth-order valence-corrected chi connectivity index (χ4v) is 4.30. The monoisotopic (exact) mass is 403 g/mol. The van der Waals surface area contributed by atoms with Crippen LogP contribution in [0.15, 0.2) is 60.7 Å². The second kappa shape index (κ2) is 8.78. The third-order valence-electron chi connectivity index (χ3n) is 6.01. The van der Waals surface area contributed by atoms with Crippen LogP contribution in [0, 0.1) is 0 Å². The molecule has 0 N–H and O–H groups in total. The molecule has 0 unspecified atom stereocenters. The highest BCUT2D eigenvalue weighted by Gasteiger charge is 2.36. The number of carbonyl (C=O) groups is 1. The van der Waals surface area contributed by atoms with Crippen LogP contribution in [-0.2, 0) is 11.2 Å². The van der Waals surface area contributed by atoms with Gasteiger partial charge in [0.15, 0.2) is 0 Å². The van der Waals surface area contributed by atoms with Crippen LogP contribution in [0.5, 0.6) is 11.5 Å². The summed E-state index contributed by atoms with van der Waals surface area (Å²) in [6.07, 6.45) is 3.26. The quantitative estimate of drug-likeness (QED) is 0.495. The van der Waals surface area contributed by atoms with Gasteiger partial charge in [-0.1, -0.05) is 42.5 Å². The van der Waals surface area contributed by atoms with Crippen molar-refractivity contribution in [2.45, 2.75) is 44.7 Å². The van der Waals surface area contributed by atoms with Crippen LogP contribution in [0.2, 0.25) is 0 Å². The summed E-state index contributed by atoms with van der Waals surface area (Å²) in [5.41, 5.74) is 2.21. The number of benzene rings is 3. The Morgan fingerprint density at radius 1 is 1.03 bits per heavy atom. The molecule has 0 saturated heterocycles. The van der Waals surface area contributed by atoms with Gasteiger partial charge in [-0.2, -0.15) is 0 Å². The molecule has 1 fully saturated rings.